The van der Waals surface area contributed by atoms with Crippen molar-refractivity contribution >= 4 is 17.7 Å². The van der Waals surface area contributed by atoms with Gasteiger partial charge in [0.15, 0.2) is 5.16 Å². The molecule has 0 bridgehead atoms. The van der Waals surface area contributed by atoms with Gasteiger partial charge in [0.05, 0.1) is 5.75 Å². The first-order valence-corrected chi connectivity index (χ1v) is 5.93. The first-order valence-electron chi connectivity index (χ1n) is 4.95. The summed E-state index contributed by atoms with van der Waals surface area (Å²) < 4.78 is 1.88. The van der Waals surface area contributed by atoms with E-state index in [4.69, 9.17) is 0 Å². The maximum atomic E-state index is 11.4. The molecule has 6 heteroatoms. The number of carbonyl (C=O) groups excluding carboxylic acids is 1. The zero-order valence-corrected chi connectivity index (χ0v) is 9.67. The van der Waals surface area contributed by atoms with E-state index in [0.717, 1.165) is 23.8 Å². The molecule has 0 aromatic carbocycles. The molecule has 0 radical (unpaired) electrons. The first kappa shape index (κ1) is 10.5. The Balaban J connectivity index is 1.81. The highest BCUT2D eigenvalue weighted by Gasteiger charge is 2.23. The molecule has 1 aromatic heterocycles. The highest BCUT2D eigenvalue weighted by atomic mass is 32.2. The van der Waals surface area contributed by atoms with Gasteiger partial charge < -0.3 is 9.88 Å². The van der Waals surface area contributed by atoms with Crippen LogP contribution in [0.3, 0.4) is 0 Å². The molecule has 0 saturated heterocycles. The quantitative estimate of drug-likeness (QED) is 0.759. The molecule has 1 aliphatic carbocycles. The maximum Gasteiger partial charge on any atom is 0.230 e. The molecule has 0 unspecified atom stereocenters. The molecule has 2 rings (SSSR count). The average Bonchev–Trinajstić information content (AvgIpc) is 2.95. The fourth-order valence-electron chi connectivity index (χ4n) is 1.14. The Labute approximate surface area is 92.6 Å². The van der Waals surface area contributed by atoms with Crippen molar-refractivity contribution in [2.45, 2.75) is 31.0 Å². The summed E-state index contributed by atoms with van der Waals surface area (Å²) in [5.41, 5.74) is 0. The van der Waals surface area contributed by atoms with E-state index in [1.54, 1.807) is 0 Å². The van der Waals surface area contributed by atoms with Gasteiger partial charge >= 0.3 is 0 Å². The number of rotatable bonds is 4. The lowest BCUT2D eigenvalue weighted by molar-refractivity contribution is -0.118. The van der Waals surface area contributed by atoms with Gasteiger partial charge in [-0.15, -0.1) is 10.2 Å². The minimum atomic E-state index is 0.0863. The van der Waals surface area contributed by atoms with Gasteiger partial charge in [0.25, 0.3) is 0 Å². The predicted molar refractivity (Wildman–Crippen MR) is 57.6 cm³/mol. The smallest absolute Gasteiger partial charge is 0.230 e. The second-order valence-electron chi connectivity index (χ2n) is 3.72. The number of amides is 1. The Morgan fingerprint density at radius 1 is 1.60 bits per heavy atom. The highest BCUT2D eigenvalue weighted by molar-refractivity contribution is 7.99. The summed E-state index contributed by atoms with van der Waals surface area (Å²) in [5, 5.41) is 11.6. The van der Waals surface area contributed by atoms with Crippen LogP contribution in [0.25, 0.3) is 0 Å². The Bertz CT molecular complexity index is 372. The van der Waals surface area contributed by atoms with Gasteiger partial charge in [-0.3, -0.25) is 4.79 Å². The molecule has 15 heavy (non-hydrogen) atoms. The molecule has 1 heterocycles. The SMILES string of the molecule is Cc1nnc(SCC(=O)NC2CC2)n1C. The van der Waals surface area contributed by atoms with Crippen LogP contribution in [0, 0.1) is 6.92 Å². The second kappa shape index (κ2) is 4.22. The summed E-state index contributed by atoms with van der Waals surface area (Å²) in [7, 11) is 1.90. The number of thioether (sulfide) groups is 1. The van der Waals surface area contributed by atoms with Crippen molar-refractivity contribution in [3.63, 3.8) is 0 Å². The molecule has 1 saturated carbocycles. The zero-order chi connectivity index (χ0) is 10.8. The van der Waals surface area contributed by atoms with Crippen molar-refractivity contribution in [2.24, 2.45) is 7.05 Å². The standard InChI is InChI=1S/C9H14N4OS/c1-6-11-12-9(13(6)2)15-5-8(14)10-7-3-4-7/h7H,3-5H2,1-2H3,(H,10,14). The van der Waals surface area contributed by atoms with Crippen LogP contribution < -0.4 is 5.32 Å². The van der Waals surface area contributed by atoms with Crippen LogP contribution in [0.15, 0.2) is 5.16 Å². The van der Waals surface area contributed by atoms with Crippen LogP contribution >= 0.6 is 11.8 Å². The van der Waals surface area contributed by atoms with Gasteiger partial charge in [-0.2, -0.15) is 0 Å². The summed E-state index contributed by atoms with van der Waals surface area (Å²) in [5.74, 6) is 1.37. The van der Waals surface area contributed by atoms with Crippen molar-refractivity contribution in [1.82, 2.24) is 20.1 Å². The molecule has 1 N–H and O–H groups in total. The monoisotopic (exact) mass is 226 g/mol. The van der Waals surface area contributed by atoms with Crippen LogP contribution in [0.2, 0.25) is 0 Å². The highest BCUT2D eigenvalue weighted by Crippen LogP contribution is 2.20. The maximum absolute atomic E-state index is 11.4. The third-order valence-electron chi connectivity index (χ3n) is 2.33. The van der Waals surface area contributed by atoms with E-state index in [2.05, 4.69) is 15.5 Å². The largest absolute Gasteiger partial charge is 0.353 e. The molecule has 0 aliphatic heterocycles. The molecule has 82 valence electrons. The Hall–Kier alpha value is -1.04. The molecule has 0 atom stereocenters. The van der Waals surface area contributed by atoms with Crippen LogP contribution in [-0.2, 0) is 11.8 Å². The normalized spacial score (nSPS) is 15.3. The summed E-state index contributed by atoms with van der Waals surface area (Å²) in [6.45, 7) is 1.89. The second-order valence-corrected chi connectivity index (χ2v) is 4.66. The van der Waals surface area contributed by atoms with E-state index in [1.165, 1.54) is 11.8 Å². The molecule has 1 aromatic rings. The number of hydrogen-bond donors (Lipinski definition) is 1. The van der Waals surface area contributed by atoms with E-state index in [1.807, 2.05) is 18.5 Å². The van der Waals surface area contributed by atoms with E-state index >= 15 is 0 Å². The lowest BCUT2D eigenvalue weighted by Crippen LogP contribution is -2.27. The van der Waals surface area contributed by atoms with E-state index in [9.17, 15) is 4.79 Å². The fourth-order valence-corrected chi connectivity index (χ4v) is 1.91. The van der Waals surface area contributed by atoms with Crippen LogP contribution in [-0.4, -0.2) is 32.5 Å². The number of aryl methyl sites for hydroxylation is 1. The number of nitrogens with zero attached hydrogens (tertiary/aromatic N) is 3. The van der Waals surface area contributed by atoms with Crippen molar-refractivity contribution in [3.8, 4) is 0 Å². The third-order valence-corrected chi connectivity index (χ3v) is 3.35. The molecule has 0 spiro atoms. The predicted octanol–water partition coefficient (Wildman–Crippen LogP) is 0.494. The summed E-state index contributed by atoms with van der Waals surface area (Å²) in [6.07, 6.45) is 2.25. The number of carbonyl (C=O) groups is 1. The Morgan fingerprint density at radius 3 is 2.87 bits per heavy atom. The summed E-state index contributed by atoms with van der Waals surface area (Å²) >= 11 is 1.42. The molecule has 5 nitrogen and oxygen atoms in total. The summed E-state index contributed by atoms with van der Waals surface area (Å²) in [6, 6.07) is 0.430. The lowest BCUT2D eigenvalue weighted by Gasteiger charge is -2.02. The minimum absolute atomic E-state index is 0.0863. The van der Waals surface area contributed by atoms with Crippen molar-refractivity contribution in [3.05, 3.63) is 5.82 Å². The third kappa shape index (κ3) is 2.71. The molecular weight excluding hydrogens is 212 g/mol. The average molecular weight is 226 g/mol. The molecule has 1 amide bonds. The van der Waals surface area contributed by atoms with Crippen molar-refractivity contribution < 1.29 is 4.79 Å². The minimum Gasteiger partial charge on any atom is -0.353 e. The molecular formula is C9H14N4OS. The van der Waals surface area contributed by atoms with Gasteiger partial charge in [0.2, 0.25) is 5.91 Å². The Kier molecular flexibility index (Phi) is 2.95. The van der Waals surface area contributed by atoms with Gasteiger partial charge in [-0.1, -0.05) is 11.8 Å². The zero-order valence-electron chi connectivity index (χ0n) is 8.86. The number of aromatic nitrogens is 3. The number of nitrogens with one attached hydrogen (secondary N) is 1. The molecule has 1 aliphatic rings. The van der Waals surface area contributed by atoms with E-state index in [0.29, 0.717) is 11.8 Å². The van der Waals surface area contributed by atoms with Crippen LogP contribution in [0.5, 0.6) is 0 Å². The van der Waals surface area contributed by atoms with Gasteiger partial charge in [0, 0.05) is 13.1 Å². The van der Waals surface area contributed by atoms with Gasteiger partial charge in [0.1, 0.15) is 5.82 Å². The topological polar surface area (TPSA) is 59.8 Å². The molecule has 1 fully saturated rings. The van der Waals surface area contributed by atoms with Crippen LogP contribution in [0.4, 0.5) is 0 Å². The van der Waals surface area contributed by atoms with E-state index < -0.39 is 0 Å². The number of hydrogen-bond acceptors (Lipinski definition) is 4. The lowest BCUT2D eigenvalue weighted by atomic mass is 10.6. The van der Waals surface area contributed by atoms with Gasteiger partial charge in [-0.05, 0) is 19.8 Å². The van der Waals surface area contributed by atoms with Gasteiger partial charge in [-0.25, -0.2) is 0 Å². The van der Waals surface area contributed by atoms with Crippen molar-refractivity contribution in [1.29, 1.82) is 0 Å². The fraction of sp³-hybridized carbons (Fsp3) is 0.667. The first-order chi connectivity index (χ1) is 7.16. The van der Waals surface area contributed by atoms with E-state index in [-0.39, 0.29) is 5.91 Å². The Morgan fingerprint density at radius 2 is 2.33 bits per heavy atom. The van der Waals surface area contributed by atoms with Crippen LogP contribution in [0.1, 0.15) is 18.7 Å². The van der Waals surface area contributed by atoms with Crippen molar-refractivity contribution in [2.75, 3.05) is 5.75 Å². The summed E-state index contributed by atoms with van der Waals surface area (Å²) in [4.78, 5) is 11.4.